The molecule has 0 radical (unpaired) electrons. The first-order chi connectivity index (χ1) is 25.4. The molecule has 284 valence electrons. The average Bonchev–Trinajstić information content (AvgIpc) is 3.54. The summed E-state index contributed by atoms with van der Waals surface area (Å²) >= 11 is 1.80. The van der Waals surface area contributed by atoms with Crippen LogP contribution in [0.15, 0.2) is 60.7 Å². The highest BCUT2D eigenvalue weighted by Gasteiger charge is 2.31. The van der Waals surface area contributed by atoms with Gasteiger partial charge in [0.05, 0.1) is 22.0 Å². The smallest absolute Gasteiger partial charge is 0.180 e. The van der Waals surface area contributed by atoms with E-state index in [0.717, 1.165) is 95.9 Å². The highest BCUT2D eigenvalue weighted by molar-refractivity contribution is 7.16. The molecule has 0 aliphatic carbocycles. The van der Waals surface area contributed by atoms with Crippen LogP contribution in [-0.4, -0.2) is 25.4 Å². The van der Waals surface area contributed by atoms with E-state index in [-0.39, 0.29) is 23.0 Å². The van der Waals surface area contributed by atoms with E-state index in [4.69, 9.17) is 18.9 Å². The molecule has 6 rings (SSSR count). The van der Waals surface area contributed by atoms with Gasteiger partial charge in [-0.05, 0) is 93.6 Å². The second kappa shape index (κ2) is 16.3. The van der Waals surface area contributed by atoms with E-state index >= 15 is 0 Å². The molecule has 1 aliphatic heterocycles. The Hall–Kier alpha value is -3.70. The van der Waals surface area contributed by atoms with Gasteiger partial charge in [-0.25, -0.2) is 0 Å². The summed E-state index contributed by atoms with van der Waals surface area (Å²) in [6.07, 6.45) is 9.00. The van der Waals surface area contributed by atoms with Crippen molar-refractivity contribution in [2.45, 2.75) is 144 Å². The lowest BCUT2D eigenvalue weighted by Gasteiger charge is -2.24. The predicted molar refractivity (Wildman–Crippen MR) is 227 cm³/mol. The highest BCUT2D eigenvalue weighted by atomic mass is 32.1. The van der Waals surface area contributed by atoms with Gasteiger partial charge < -0.3 is 18.9 Å². The Morgan fingerprint density at radius 2 is 1.32 bits per heavy atom. The minimum atomic E-state index is -0.0497. The van der Waals surface area contributed by atoms with Crippen molar-refractivity contribution in [2.75, 3.05) is 13.2 Å². The van der Waals surface area contributed by atoms with Gasteiger partial charge in [0.15, 0.2) is 11.5 Å². The maximum absolute atomic E-state index is 7.04. The molecule has 53 heavy (non-hydrogen) atoms. The number of ether oxygens (including phenoxy) is 4. The summed E-state index contributed by atoms with van der Waals surface area (Å²) in [5.41, 5.74) is 4.72. The minimum absolute atomic E-state index is 0.0264. The highest BCUT2D eigenvalue weighted by Crippen LogP contribution is 2.54. The number of rotatable bonds is 14. The van der Waals surface area contributed by atoms with Crippen molar-refractivity contribution in [2.24, 2.45) is 0 Å². The van der Waals surface area contributed by atoms with Crippen molar-refractivity contribution in [1.29, 1.82) is 0 Å². The summed E-state index contributed by atoms with van der Waals surface area (Å²) in [6, 6.07) is 22.9. The van der Waals surface area contributed by atoms with Gasteiger partial charge in [-0.15, -0.1) is 11.3 Å². The first-order valence-corrected chi connectivity index (χ1v) is 21.1. The summed E-state index contributed by atoms with van der Waals surface area (Å²) in [5.74, 6) is 3.65. The fourth-order valence-corrected chi connectivity index (χ4v) is 8.72. The molecular formula is C48H62O4S. The molecule has 1 aromatic heterocycles. The summed E-state index contributed by atoms with van der Waals surface area (Å²) in [6.45, 7) is 23.7. The molecule has 0 fully saturated rings. The molecule has 5 aromatic rings. The van der Waals surface area contributed by atoms with Gasteiger partial charge in [-0.1, -0.05) is 131 Å². The molecule has 5 heteroatoms. The zero-order valence-electron chi connectivity index (χ0n) is 34.0. The Morgan fingerprint density at radius 3 is 1.96 bits per heavy atom. The van der Waals surface area contributed by atoms with Gasteiger partial charge in [0.1, 0.15) is 24.7 Å². The van der Waals surface area contributed by atoms with Crippen LogP contribution in [0.3, 0.4) is 0 Å². The quantitative estimate of drug-likeness (QED) is 0.114. The normalized spacial score (nSPS) is 14.5. The number of thiophene rings is 1. The zero-order valence-corrected chi connectivity index (χ0v) is 34.9. The second-order valence-corrected chi connectivity index (χ2v) is 18.0. The second-order valence-electron chi connectivity index (χ2n) is 17.0. The summed E-state index contributed by atoms with van der Waals surface area (Å²) in [4.78, 5) is 2.36. The van der Waals surface area contributed by atoms with E-state index < -0.39 is 0 Å². The van der Waals surface area contributed by atoms with Crippen LogP contribution in [0.25, 0.3) is 43.1 Å². The Labute approximate surface area is 323 Å². The molecule has 2 atom stereocenters. The van der Waals surface area contributed by atoms with Gasteiger partial charge in [0, 0.05) is 11.0 Å². The Kier molecular flexibility index (Phi) is 12.0. The van der Waals surface area contributed by atoms with E-state index in [0.29, 0.717) is 13.2 Å². The molecular weight excluding hydrogens is 673 g/mol. The van der Waals surface area contributed by atoms with Crippen molar-refractivity contribution in [1.82, 2.24) is 0 Å². The molecule has 0 spiro atoms. The van der Waals surface area contributed by atoms with Crippen LogP contribution in [0.5, 0.6) is 23.0 Å². The third-order valence-electron chi connectivity index (χ3n) is 10.7. The summed E-state index contributed by atoms with van der Waals surface area (Å²) < 4.78 is 26.4. The molecule has 2 heterocycles. The van der Waals surface area contributed by atoms with Crippen LogP contribution in [0.1, 0.15) is 131 Å². The average molecular weight is 735 g/mol. The molecule has 2 unspecified atom stereocenters. The van der Waals surface area contributed by atoms with Crippen molar-refractivity contribution in [3.63, 3.8) is 0 Å². The monoisotopic (exact) mass is 734 g/mol. The predicted octanol–water partition coefficient (Wildman–Crippen LogP) is 14.4. The number of hydrogen-bond acceptors (Lipinski definition) is 5. The molecule has 4 nitrogen and oxygen atoms in total. The number of fused-ring (bicyclic) bond motifs is 3. The summed E-state index contributed by atoms with van der Waals surface area (Å²) in [5, 5.41) is 4.75. The van der Waals surface area contributed by atoms with Gasteiger partial charge in [0.2, 0.25) is 0 Å². The third kappa shape index (κ3) is 8.51. The van der Waals surface area contributed by atoms with E-state index in [9.17, 15) is 0 Å². The van der Waals surface area contributed by atoms with E-state index in [2.05, 4.69) is 130 Å². The molecule has 0 saturated heterocycles. The largest absolute Gasteiger partial charge is 0.490 e. The van der Waals surface area contributed by atoms with Gasteiger partial charge in [-0.3, -0.25) is 0 Å². The van der Waals surface area contributed by atoms with E-state index in [1.54, 1.807) is 11.3 Å². The minimum Gasteiger partial charge on any atom is -0.490 e. The van der Waals surface area contributed by atoms with Crippen LogP contribution in [-0.2, 0) is 10.8 Å². The molecule has 0 saturated carbocycles. The zero-order chi connectivity index (χ0) is 37.9. The molecule has 0 amide bonds. The molecule has 0 bridgehead atoms. The topological polar surface area (TPSA) is 36.9 Å². The van der Waals surface area contributed by atoms with E-state index in [1.165, 1.54) is 32.0 Å². The Bertz CT molecular complexity index is 2020. The SMILES string of the molecule is CCCCC(CC)Oc1cc(-c2c(OC(CC)CCCC)ccc3cc(-c4sc(C(C)(C)C)c5c4OCCO5)ccc23)c2ccc(C(C)(C)C)cc2c1. The maximum atomic E-state index is 7.04. The number of hydrogen-bond donors (Lipinski definition) is 0. The molecule has 4 aromatic carbocycles. The number of unbranched alkanes of at least 4 members (excludes halogenated alkanes) is 2. The lowest BCUT2D eigenvalue weighted by Crippen LogP contribution is -2.18. The Morgan fingerprint density at radius 1 is 0.660 bits per heavy atom. The van der Waals surface area contributed by atoms with Crippen LogP contribution in [0, 0.1) is 0 Å². The fraction of sp³-hybridized carbons (Fsp3) is 0.500. The standard InChI is InChI=1S/C48H62O4S/c1-11-15-17-35(13-3)51-37-29-33-28-34(47(5,6)7)21-23-38(33)40(30-37)42-39-22-19-32(27-31(39)20-24-41(42)52-36(14-4)18-16-12-2)45-43-44(50-26-25-49-43)46(53-45)48(8,9)10/h19-24,27-30,35-36H,11-18,25-26H2,1-10H3. The van der Waals surface area contributed by atoms with Gasteiger partial charge in [0.25, 0.3) is 0 Å². The van der Waals surface area contributed by atoms with Crippen molar-refractivity contribution in [3.8, 4) is 44.6 Å². The van der Waals surface area contributed by atoms with Crippen molar-refractivity contribution >= 4 is 32.9 Å². The number of benzene rings is 4. The van der Waals surface area contributed by atoms with Crippen LogP contribution >= 0.6 is 11.3 Å². The fourth-order valence-electron chi connectivity index (χ4n) is 7.47. The van der Waals surface area contributed by atoms with Crippen molar-refractivity contribution in [3.05, 3.63) is 71.1 Å². The van der Waals surface area contributed by atoms with Gasteiger partial charge >= 0.3 is 0 Å². The van der Waals surface area contributed by atoms with Gasteiger partial charge in [-0.2, -0.15) is 0 Å². The Balaban J connectivity index is 1.59. The maximum Gasteiger partial charge on any atom is 0.180 e. The van der Waals surface area contributed by atoms with Crippen molar-refractivity contribution < 1.29 is 18.9 Å². The van der Waals surface area contributed by atoms with Crippen LogP contribution in [0.2, 0.25) is 0 Å². The first kappa shape index (κ1) is 39.0. The molecule has 0 N–H and O–H groups in total. The van der Waals surface area contributed by atoms with Crippen LogP contribution < -0.4 is 18.9 Å². The summed E-state index contributed by atoms with van der Waals surface area (Å²) in [7, 11) is 0. The van der Waals surface area contributed by atoms with Crippen LogP contribution in [0.4, 0.5) is 0 Å². The third-order valence-corrected chi connectivity index (χ3v) is 12.3. The lowest BCUT2D eigenvalue weighted by atomic mass is 9.84. The van der Waals surface area contributed by atoms with E-state index in [1.807, 2.05) is 0 Å². The first-order valence-electron chi connectivity index (χ1n) is 20.3. The molecule has 1 aliphatic rings. The lowest BCUT2D eigenvalue weighted by molar-refractivity contribution is 0.171.